The predicted octanol–water partition coefficient (Wildman–Crippen LogP) is 4.44. The number of aliphatic imine (C=N–C) groups is 1. The van der Waals surface area contributed by atoms with Crippen molar-refractivity contribution in [3.05, 3.63) is 53.0 Å². The van der Waals surface area contributed by atoms with E-state index in [0.717, 1.165) is 10.2 Å². The Morgan fingerprint density at radius 3 is 2.75 bits per heavy atom. The summed E-state index contributed by atoms with van der Waals surface area (Å²) in [6.45, 7) is 2.45. The Morgan fingerprint density at radius 1 is 1.29 bits per heavy atom. The van der Waals surface area contributed by atoms with Crippen LogP contribution >= 0.6 is 27.7 Å². The van der Waals surface area contributed by atoms with E-state index in [0.29, 0.717) is 23.2 Å². The quantitative estimate of drug-likeness (QED) is 0.689. The fraction of sp³-hybridized carbons (Fsp3) is 0.250. The normalized spacial score (nSPS) is 17.8. The highest BCUT2D eigenvalue weighted by Crippen LogP contribution is 2.31. The van der Waals surface area contributed by atoms with Gasteiger partial charge in [0, 0.05) is 29.7 Å². The van der Waals surface area contributed by atoms with E-state index in [9.17, 15) is 9.59 Å². The molecule has 1 fully saturated rings. The van der Waals surface area contributed by atoms with Gasteiger partial charge in [-0.2, -0.15) is 0 Å². The number of ether oxygens (including phenoxy) is 1. The van der Waals surface area contributed by atoms with Crippen LogP contribution in [0.1, 0.15) is 13.3 Å². The molecule has 8 heteroatoms. The molecule has 2 aromatic carbocycles. The third-order valence-electron chi connectivity index (χ3n) is 3.99. The Labute approximate surface area is 176 Å². The topological polar surface area (TPSA) is 71.0 Å². The molecule has 28 heavy (non-hydrogen) atoms. The lowest BCUT2D eigenvalue weighted by atomic mass is 10.2. The van der Waals surface area contributed by atoms with Gasteiger partial charge in [0.25, 0.3) is 0 Å². The molecule has 2 aromatic rings. The molecule has 1 aliphatic heterocycles. The summed E-state index contributed by atoms with van der Waals surface area (Å²) in [4.78, 5) is 30.9. The summed E-state index contributed by atoms with van der Waals surface area (Å²) < 4.78 is 6.40. The van der Waals surface area contributed by atoms with E-state index < -0.39 is 5.25 Å². The number of rotatable bonds is 6. The maximum absolute atomic E-state index is 12.5. The molecule has 1 atom stereocenters. The highest BCUT2D eigenvalue weighted by molar-refractivity contribution is 9.10. The van der Waals surface area contributed by atoms with Crippen molar-refractivity contribution in [3.63, 3.8) is 0 Å². The fourth-order valence-corrected chi connectivity index (χ4v) is 4.05. The number of amides is 2. The summed E-state index contributed by atoms with van der Waals surface area (Å²) in [5.41, 5.74) is 1.40. The number of benzene rings is 2. The Kier molecular flexibility index (Phi) is 6.74. The zero-order valence-electron chi connectivity index (χ0n) is 15.5. The second-order valence-electron chi connectivity index (χ2n) is 6.09. The van der Waals surface area contributed by atoms with Crippen molar-refractivity contribution < 1.29 is 14.3 Å². The molecular formula is C20H20BrN3O3S. The maximum atomic E-state index is 12.5. The van der Waals surface area contributed by atoms with E-state index in [1.54, 1.807) is 19.2 Å². The average molecular weight is 462 g/mol. The number of carbonyl (C=O) groups excluding carboxylic acids is 2. The standard InChI is InChI=1S/C20H20BrN3O3S/c1-3-27-16-6-4-5-15(11-16)22-18(25)12-17-19(26)24(2)20(28-17)23-14-9-7-13(21)8-10-14/h4-11,17H,3,12H2,1-2H3,(H,22,25). The van der Waals surface area contributed by atoms with Crippen LogP contribution in [0.2, 0.25) is 0 Å². The smallest absolute Gasteiger partial charge is 0.242 e. The Hall–Kier alpha value is -2.32. The van der Waals surface area contributed by atoms with Gasteiger partial charge in [-0.05, 0) is 43.3 Å². The monoisotopic (exact) mass is 461 g/mol. The van der Waals surface area contributed by atoms with Gasteiger partial charge in [-0.15, -0.1) is 0 Å². The summed E-state index contributed by atoms with van der Waals surface area (Å²) in [6, 6.07) is 14.7. The van der Waals surface area contributed by atoms with Crippen molar-refractivity contribution in [2.75, 3.05) is 19.0 Å². The van der Waals surface area contributed by atoms with Crippen LogP contribution in [0.5, 0.6) is 5.75 Å². The molecule has 6 nitrogen and oxygen atoms in total. The van der Waals surface area contributed by atoms with Crippen LogP contribution in [-0.4, -0.2) is 40.8 Å². The third kappa shape index (κ3) is 5.14. The molecule has 0 spiro atoms. The summed E-state index contributed by atoms with van der Waals surface area (Å²) in [5, 5.41) is 2.92. The van der Waals surface area contributed by atoms with Gasteiger partial charge in [0.2, 0.25) is 11.8 Å². The first-order chi connectivity index (χ1) is 13.5. The average Bonchev–Trinajstić information content (AvgIpc) is 2.92. The Balaban J connectivity index is 1.64. The van der Waals surface area contributed by atoms with E-state index in [1.807, 2.05) is 43.3 Å². The van der Waals surface area contributed by atoms with Crippen molar-refractivity contribution in [1.29, 1.82) is 0 Å². The van der Waals surface area contributed by atoms with E-state index >= 15 is 0 Å². The molecule has 0 radical (unpaired) electrons. The van der Waals surface area contributed by atoms with Crippen LogP contribution in [0.4, 0.5) is 11.4 Å². The molecule has 1 heterocycles. The molecule has 146 valence electrons. The summed E-state index contributed by atoms with van der Waals surface area (Å²) in [6.07, 6.45) is 0.0755. The van der Waals surface area contributed by atoms with Crippen LogP contribution < -0.4 is 10.1 Å². The molecule has 0 bridgehead atoms. The fourth-order valence-electron chi connectivity index (χ4n) is 2.63. The van der Waals surface area contributed by atoms with Crippen molar-refractivity contribution in [2.45, 2.75) is 18.6 Å². The first-order valence-corrected chi connectivity index (χ1v) is 10.4. The van der Waals surface area contributed by atoms with Crippen LogP contribution in [0.25, 0.3) is 0 Å². The number of hydrogen-bond acceptors (Lipinski definition) is 5. The van der Waals surface area contributed by atoms with Gasteiger partial charge in [0.1, 0.15) is 11.0 Å². The second-order valence-corrected chi connectivity index (χ2v) is 8.17. The van der Waals surface area contributed by atoms with Crippen LogP contribution in [0.15, 0.2) is 58.0 Å². The molecule has 1 unspecified atom stereocenters. The summed E-state index contributed by atoms with van der Waals surface area (Å²) in [5.74, 6) is 0.340. The lowest BCUT2D eigenvalue weighted by molar-refractivity contribution is -0.127. The minimum absolute atomic E-state index is 0.0755. The lowest BCUT2D eigenvalue weighted by Gasteiger charge is -2.10. The number of anilines is 1. The van der Waals surface area contributed by atoms with E-state index in [2.05, 4.69) is 26.2 Å². The van der Waals surface area contributed by atoms with Crippen molar-refractivity contribution >= 4 is 56.0 Å². The molecule has 0 aromatic heterocycles. The first kappa shape index (κ1) is 20.4. The largest absolute Gasteiger partial charge is 0.494 e. The highest BCUT2D eigenvalue weighted by Gasteiger charge is 2.37. The molecule has 3 rings (SSSR count). The minimum Gasteiger partial charge on any atom is -0.494 e. The molecule has 2 amide bonds. The lowest BCUT2D eigenvalue weighted by Crippen LogP contribution is -2.30. The van der Waals surface area contributed by atoms with E-state index in [-0.39, 0.29) is 18.2 Å². The zero-order valence-corrected chi connectivity index (χ0v) is 17.9. The number of hydrogen-bond donors (Lipinski definition) is 1. The number of amidine groups is 1. The number of halogens is 1. The van der Waals surface area contributed by atoms with Gasteiger partial charge < -0.3 is 10.1 Å². The molecule has 1 aliphatic rings. The number of nitrogens with zero attached hydrogens (tertiary/aromatic N) is 2. The van der Waals surface area contributed by atoms with Crippen LogP contribution in [0, 0.1) is 0 Å². The Morgan fingerprint density at radius 2 is 2.04 bits per heavy atom. The summed E-state index contributed by atoms with van der Waals surface area (Å²) in [7, 11) is 1.68. The maximum Gasteiger partial charge on any atom is 0.242 e. The van der Waals surface area contributed by atoms with E-state index in [4.69, 9.17) is 4.74 Å². The van der Waals surface area contributed by atoms with Gasteiger partial charge in [-0.1, -0.05) is 33.8 Å². The first-order valence-electron chi connectivity index (χ1n) is 8.77. The molecule has 0 aliphatic carbocycles. The highest BCUT2D eigenvalue weighted by atomic mass is 79.9. The van der Waals surface area contributed by atoms with Gasteiger partial charge >= 0.3 is 0 Å². The third-order valence-corrected chi connectivity index (χ3v) is 5.75. The van der Waals surface area contributed by atoms with Crippen molar-refractivity contribution in [2.24, 2.45) is 4.99 Å². The minimum atomic E-state index is -0.491. The molecule has 1 N–H and O–H groups in total. The van der Waals surface area contributed by atoms with Gasteiger partial charge in [-0.3, -0.25) is 14.5 Å². The predicted molar refractivity (Wildman–Crippen MR) is 116 cm³/mol. The summed E-state index contributed by atoms with van der Waals surface area (Å²) >= 11 is 4.69. The number of carbonyl (C=O) groups is 2. The van der Waals surface area contributed by atoms with Crippen LogP contribution in [-0.2, 0) is 9.59 Å². The SMILES string of the molecule is CCOc1cccc(NC(=O)CC2SC(=Nc3ccc(Br)cc3)N(C)C2=O)c1. The second kappa shape index (κ2) is 9.25. The molecular weight excluding hydrogens is 442 g/mol. The Bertz CT molecular complexity index is 902. The number of nitrogens with one attached hydrogen (secondary N) is 1. The van der Waals surface area contributed by atoms with Gasteiger partial charge in [0.15, 0.2) is 5.17 Å². The van der Waals surface area contributed by atoms with Crippen molar-refractivity contribution in [3.8, 4) is 5.75 Å². The van der Waals surface area contributed by atoms with Crippen molar-refractivity contribution in [1.82, 2.24) is 4.90 Å². The molecule has 1 saturated heterocycles. The zero-order chi connectivity index (χ0) is 20.1. The molecule has 0 saturated carbocycles. The number of thioether (sulfide) groups is 1. The van der Waals surface area contributed by atoms with Gasteiger partial charge in [-0.25, -0.2) is 4.99 Å². The van der Waals surface area contributed by atoms with E-state index in [1.165, 1.54) is 16.7 Å². The van der Waals surface area contributed by atoms with Gasteiger partial charge in [0.05, 0.1) is 12.3 Å². The van der Waals surface area contributed by atoms with Crippen LogP contribution in [0.3, 0.4) is 0 Å².